The van der Waals surface area contributed by atoms with Crippen molar-refractivity contribution in [3.05, 3.63) is 35.5 Å². The smallest absolute Gasteiger partial charge is 0.0914 e. The minimum atomic E-state index is -0.437. The Bertz CT molecular complexity index is 502. The molecule has 2 aromatic rings. The zero-order chi connectivity index (χ0) is 11.7. The Hall–Kier alpha value is -1.32. The summed E-state index contributed by atoms with van der Waals surface area (Å²) >= 11 is 0. The van der Waals surface area contributed by atoms with Crippen LogP contribution >= 0.6 is 0 Å². The largest absolute Gasteiger partial charge is 0.387 e. The minimum Gasteiger partial charge on any atom is -0.387 e. The zero-order valence-corrected chi connectivity index (χ0v) is 9.99. The number of aliphatic hydroxyl groups is 1. The van der Waals surface area contributed by atoms with Gasteiger partial charge < -0.3 is 15.0 Å². The van der Waals surface area contributed by atoms with Crippen LogP contribution in [0.15, 0.2) is 24.4 Å². The molecule has 1 heterocycles. The first kappa shape index (κ1) is 11.2. The average Bonchev–Trinajstić information content (AvgIpc) is 2.61. The summed E-state index contributed by atoms with van der Waals surface area (Å²) in [7, 11) is 3.89. The second-order valence-corrected chi connectivity index (χ2v) is 4.28. The number of nitrogens with zero attached hydrogens (tertiary/aromatic N) is 1. The molecule has 0 spiro atoms. The number of fused-ring (bicyclic) bond motifs is 1. The van der Waals surface area contributed by atoms with Gasteiger partial charge in [-0.05, 0) is 37.2 Å². The van der Waals surface area contributed by atoms with Gasteiger partial charge in [0.25, 0.3) is 0 Å². The van der Waals surface area contributed by atoms with Crippen LogP contribution in [0.2, 0.25) is 0 Å². The highest BCUT2D eigenvalue weighted by Crippen LogP contribution is 2.24. The number of nitrogens with one attached hydrogen (secondary N) is 1. The molecular formula is C13H18N2O. The number of aryl methyl sites for hydroxylation is 2. The lowest BCUT2D eigenvalue weighted by Crippen LogP contribution is -2.16. The lowest BCUT2D eigenvalue weighted by molar-refractivity contribution is 0.178. The summed E-state index contributed by atoms with van der Waals surface area (Å²) in [5, 5.41) is 14.1. The molecule has 1 unspecified atom stereocenters. The first-order valence-corrected chi connectivity index (χ1v) is 5.51. The van der Waals surface area contributed by atoms with Crippen LogP contribution < -0.4 is 5.32 Å². The van der Waals surface area contributed by atoms with Gasteiger partial charge in [0.1, 0.15) is 0 Å². The van der Waals surface area contributed by atoms with Crippen LogP contribution in [0.25, 0.3) is 10.9 Å². The van der Waals surface area contributed by atoms with E-state index in [0.29, 0.717) is 6.54 Å². The summed E-state index contributed by atoms with van der Waals surface area (Å²) in [6, 6.07) is 6.20. The Morgan fingerprint density at radius 2 is 2.19 bits per heavy atom. The first-order chi connectivity index (χ1) is 7.63. The molecule has 1 aromatic heterocycles. The van der Waals surface area contributed by atoms with Gasteiger partial charge in [-0.15, -0.1) is 0 Å². The van der Waals surface area contributed by atoms with Crippen molar-refractivity contribution in [2.24, 2.45) is 7.05 Å². The highest BCUT2D eigenvalue weighted by Gasteiger charge is 2.10. The molecule has 0 fully saturated rings. The van der Waals surface area contributed by atoms with Crippen LogP contribution in [0.5, 0.6) is 0 Å². The van der Waals surface area contributed by atoms with Gasteiger partial charge >= 0.3 is 0 Å². The topological polar surface area (TPSA) is 37.2 Å². The van der Waals surface area contributed by atoms with E-state index in [4.69, 9.17) is 0 Å². The second kappa shape index (κ2) is 4.28. The third-order valence-corrected chi connectivity index (χ3v) is 2.96. The third kappa shape index (κ3) is 1.84. The van der Waals surface area contributed by atoms with E-state index in [1.54, 1.807) is 0 Å². The number of benzene rings is 1. The van der Waals surface area contributed by atoms with Gasteiger partial charge in [0.15, 0.2) is 0 Å². The average molecular weight is 218 g/mol. The maximum Gasteiger partial charge on any atom is 0.0914 e. The molecule has 0 saturated carbocycles. The van der Waals surface area contributed by atoms with E-state index in [0.717, 1.165) is 5.56 Å². The van der Waals surface area contributed by atoms with Crippen LogP contribution in [0.4, 0.5) is 0 Å². The molecule has 0 aliphatic carbocycles. The van der Waals surface area contributed by atoms with Crippen molar-refractivity contribution in [3.63, 3.8) is 0 Å². The Labute approximate surface area is 95.7 Å². The van der Waals surface area contributed by atoms with Crippen LogP contribution in [-0.4, -0.2) is 23.3 Å². The number of hydrogen-bond acceptors (Lipinski definition) is 2. The van der Waals surface area contributed by atoms with Gasteiger partial charge in [0, 0.05) is 25.2 Å². The van der Waals surface area contributed by atoms with E-state index >= 15 is 0 Å². The van der Waals surface area contributed by atoms with E-state index in [1.165, 1.54) is 16.5 Å². The van der Waals surface area contributed by atoms with E-state index in [2.05, 4.69) is 35.0 Å². The number of aliphatic hydroxyl groups excluding tert-OH is 1. The van der Waals surface area contributed by atoms with Crippen LogP contribution in [0.1, 0.15) is 17.2 Å². The standard InChI is InChI=1S/C13H18N2O/c1-9-6-11(12(16)8-14-2)7-10-4-5-15(3)13(9)10/h4-7,12,14,16H,8H2,1-3H3. The molecule has 3 heteroatoms. The van der Waals surface area contributed by atoms with E-state index in [1.807, 2.05) is 20.3 Å². The fourth-order valence-corrected chi connectivity index (χ4v) is 2.21. The summed E-state index contributed by atoms with van der Waals surface area (Å²) in [6.45, 7) is 2.66. The Balaban J connectivity index is 2.50. The normalized spacial score (nSPS) is 13.2. The molecule has 2 N–H and O–H groups in total. The molecule has 86 valence electrons. The Kier molecular flexibility index (Phi) is 2.99. The lowest BCUT2D eigenvalue weighted by Gasteiger charge is -2.12. The van der Waals surface area contributed by atoms with Crippen molar-refractivity contribution in [1.29, 1.82) is 0 Å². The molecule has 0 amide bonds. The van der Waals surface area contributed by atoms with Gasteiger partial charge in [-0.25, -0.2) is 0 Å². The highest BCUT2D eigenvalue weighted by molar-refractivity contribution is 5.84. The molecule has 16 heavy (non-hydrogen) atoms. The zero-order valence-electron chi connectivity index (χ0n) is 9.99. The van der Waals surface area contributed by atoms with Crippen molar-refractivity contribution in [2.45, 2.75) is 13.0 Å². The van der Waals surface area contributed by atoms with Crippen LogP contribution in [0.3, 0.4) is 0 Å². The van der Waals surface area contributed by atoms with Gasteiger partial charge in [-0.2, -0.15) is 0 Å². The monoisotopic (exact) mass is 218 g/mol. The molecule has 2 rings (SSSR count). The SMILES string of the molecule is CNCC(O)c1cc(C)c2c(ccn2C)c1. The lowest BCUT2D eigenvalue weighted by atomic mass is 10.0. The van der Waals surface area contributed by atoms with Crippen LogP contribution in [-0.2, 0) is 7.05 Å². The van der Waals surface area contributed by atoms with Crippen molar-refractivity contribution in [2.75, 3.05) is 13.6 Å². The number of rotatable bonds is 3. The molecule has 0 bridgehead atoms. The summed E-state index contributed by atoms with van der Waals surface area (Å²) in [4.78, 5) is 0. The predicted octanol–water partition coefficient (Wildman–Crippen LogP) is 1.74. The maximum absolute atomic E-state index is 9.94. The van der Waals surface area contributed by atoms with Gasteiger partial charge in [0.2, 0.25) is 0 Å². The minimum absolute atomic E-state index is 0.437. The number of aromatic nitrogens is 1. The second-order valence-electron chi connectivity index (χ2n) is 4.28. The van der Waals surface area contributed by atoms with Crippen molar-refractivity contribution >= 4 is 10.9 Å². The first-order valence-electron chi connectivity index (χ1n) is 5.51. The van der Waals surface area contributed by atoms with E-state index < -0.39 is 6.10 Å². The predicted molar refractivity (Wildman–Crippen MR) is 66.5 cm³/mol. The fraction of sp³-hybridized carbons (Fsp3) is 0.385. The van der Waals surface area contributed by atoms with Gasteiger partial charge in [-0.3, -0.25) is 0 Å². The third-order valence-electron chi connectivity index (χ3n) is 2.96. The molecule has 0 aliphatic heterocycles. The molecule has 0 saturated heterocycles. The molecule has 1 atom stereocenters. The summed E-state index contributed by atoms with van der Waals surface area (Å²) in [6.07, 6.45) is 1.61. The Morgan fingerprint density at radius 3 is 2.88 bits per heavy atom. The summed E-state index contributed by atoms with van der Waals surface area (Å²) in [5.74, 6) is 0. The molecule has 3 nitrogen and oxygen atoms in total. The number of likely N-dealkylation sites (N-methyl/N-ethyl adjacent to an activating group) is 1. The highest BCUT2D eigenvalue weighted by atomic mass is 16.3. The quantitative estimate of drug-likeness (QED) is 0.823. The molecule has 0 aliphatic rings. The van der Waals surface area contributed by atoms with Gasteiger partial charge in [0.05, 0.1) is 11.6 Å². The summed E-state index contributed by atoms with van der Waals surface area (Å²) in [5.41, 5.74) is 3.42. The van der Waals surface area contributed by atoms with E-state index in [9.17, 15) is 5.11 Å². The fourth-order valence-electron chi connectivity index (χ4n) is 2.21. The Morgan fingerprint density at radius 1 is 1.44 bits per heavy atom. The van der Waals surface area contributed by atoms with Crippen molar-refractivity contribution in [1.82, 2.24) is 9.88 Å². The molecule has 1 aromatic carbocycles. The summed E-state index contributed by atoms with van der Waals surface area (Å²) < 4.78 is 2.11. The maximum atomic E-state index is 9.94. The van der Waals surface area contributed by atoms with Crippen molar-refractivity contribution in [3.8, 4) is 0 Å². The van der Waals surface area contributed by atoms with E-state index in [-0.39, 0.29) is 0 Å². The van der Waals surface area contributed by atoms with Gasteiger partial charge in [-0.1, -0.05) is 6.07 Å². The number of hydrogen-bond donors (Lipinski definition) is 2. The molecule has 0 radical (unpaired) electrons. The van der Waals surface area contributed by atoms with Crippen molar-refractivity contribution < 1.29 is 5.11 Å². The van der Waals surface area contributed by atoms with Crippen LogP contribution in [0, 0.1) is 6.92 Å². The molecular weight excluding hydrogens is 200 g/mol.